The maximum atomic E-state index is 5.99. The number of rotatable bonds is 2. The largest absolute Gasteiger partial charge is 0.342 e. The van der Waals surface area contributed by atoms with Crippen molar-refractivity contribution in [1.29, 1.82) is 0 Å². The third-order valence-electron chi connectivity index (χ3n) is 4.51. The lowest BCUT2D eigenvalue weighted by Gasteiger charge is -2.41. The van der Waals surface area contributed by atoms with E-state index in [1.165, 1.54) is 24.8 Å². The minimum Gasteiger partial charge on any atom is -0.342 e. The number of fused-ring (bicyclic) bond motifs is 1. The molecule has 102 valence electrons. The standard InChI is InChI=1S/C16H23N3/c1-15(2,3)14-18-12-6-5-11(9-13(12)19-14)16(10-17)7-4-8-16/h5-6,9H,4,7-8,10,17H2,1-3H3,(H,18,19). The van der Waals surface area contributed by atoms with Crippen molar-refractivity contribution in [2.24, 2.45) is 5.73 Å². The first-order chi connectivity index (χ1) is 8.94. The number of nitrogens with one attached hydrogen (secondary N) is 1. The van der Waals surface area contributed by atoms with Crippen molar-refractivity contribution < 1.29 is 0 Å². The molecule has 3 heteroatoms. The van der Waals surface area contributed by atoms with Gasteiger partial charge in [0.25, 0.3) is 0 Å². The predicted octanol–water partition coefficient (Wildman–Crippen LogP) is 3.24. The average molecular weight is 257 g/mol. The maximum Gasteiger partial charge on any atom is 0.112 e. The first-order valence-corrected chi connectivity index (χ1v) is 7.15. The van der Waals surface area contributed by atoms with E-state index in [0.717, 1.165) is 23.4 Å². The van der Waals surface area contributed by atoms with E-state index in [2.05, 4.69) is 44.0 Å². The van der Waals surface area contributed by atoms with Gasteiger partial charge >= 0.3 is 0 Å². The fraction of sp³-hybridized carbons (Fsp3) is 0.562. The van der Waals surface area contributed by atoms with Crippen molar-refractivity contribution in [3.63, 3.8) is 0 Å². The Morgan fingerprint density at radius 1 is 1.32 bits per heavy atom. The van der Waals surface area contributed by atoms with Crippen molar-refractivity contribution in [2.75, 3.05) is 6.54 Å². The molecule has 3 rings (SSSR count). The number of aromatic amines is 1. The molecule has 2 aromatic rings. The molecule has 1 fully saturated rings. The normalized spacial score (nSPS) is 18.5. The lowest BCUT2D eigenvalue weighted by molar-refractivity contribution is 0.253. The van der Waals surface area contributed by atoms with Gasteiger partial charge in [-0.15, -0.1) is 0 Å². The molecule has 1 aliphatic rings. The number of aromatic nitrogens is 2. The van der Waals surface area contributed by atoms with Crippen molar-refractivity contribution in [3.05, 3.63) is 29.6 Å². The molecule has 0 unspecified atom stereocenters. The highest BCUT2D eigenvalue weighted by atomic mass is 14.9. The van der Waals surface area contributed by atoms with Crippen LogP contribution >= 0.6 is 0 Å². The van der Waals surface area contributed by atoms with Crippen molar-refractivity contribution in [3.8, 4) is 0 Å². The average Bonchev–Trinajstić information content (AvgIpc) is 2.71. The van der Waals surface area contributed by atoms with E-state index in [1.54, 1.807) is 0 Å². The van der Waals surface area contributed by atoms with Crippen LogP contribution in [0.3, 0.4) is 0 Å². The number of H-pyrrole nitrogens is 1. The molecule has 1 aromatic heterocycles. The highest BCUT2D eigenvalue weighted by molar-refractivity contribution is 5.76. The summed E-state index contributed by atoms with van der Waals surface area (Å²) >= 11 is 0. The maximum absolute atomic E-state index is 5.99. The third-order valence-corrected chi connectivity index (χ3v) is 4.51. The molecule has 0 radical (unpaired) electrons. The van der Waals surface area contributed by atoms with Gasteiger partial charge in [0.1, 0.15) is 5.82 Å². The Balaban J connectivity index is 2.06. The van der Waals surface area contributed by atoms with Crippen LogP contribution in [0.25, 0.3) is 11.0 Å². The summed E-state index contributed by atoms with van der Waals surface area (Å²) < 4.78 is 0. The molecule has 1 aromatic carbocycles. The molecular weight excluding hydrogens is 234 g/mol. The van der Waals surface area contributed by atoms with Crippen LogP contribution in [0, 0.1) is 0 Å². The lowest BCUT2D eigenvalue weighted by atomic mass is 9.64. The summed E-state index contributed by atoms with van der Waals surface area (Å²) in [5.41, 5.74) is 9.84. The van der Waals surface area contributed by atoms with Gasteiger partial charge < -0.3 is 10.7 Å². The molecule has 0 atom stereocenters. The van der Waals surface area contributed by atoms with E-state index in [9.17, 15) is 0 Å². The minimum atomic E-state index is 0.0568. The van der Waals surface area contributed by atoms with Crippen LogP contribution in [-0.4, -0.2) is 16.5 Å². The number of benzene rings is 1. The van der Waals surface area contributed by atoms with Gasteiger partial charge in [0.05, 0.1) is 11.0 Å². The second-order valence-corrected chi connectivity index (χ2v) is 6.91. The zero-order chi connectivity index (χ0) is 13.7. The first kappa shape index (κ1) is 12.7. The van der Waals surface area contributed by atoms with Gasteiger partial charge in [0, 0.05) is 17.4 Å². The van der Waals surface area contributed by atoms with Gasteiger partial charge in [0.2, 0.25) is 0 Å². The number of imidazole rings is 1. The molecule has 0 saturated heterocycles. The van der Waals surface area contributed by atoms with Crippen LogP contribution in [-0.2, 0) is 10.8 Å². The van der Waals surface area contributed by atoms with Crippen LogP contribution in [0.2, 0.25) is 0 Å². The van der Waals surface area contributed by atoms with E-state index < -0.39 is 0 Å². The number of hydrogen-bond acceptors (Lipinski definition) is 2. The van der Waals surface area contributed by atoms with Crippen LogP contribution in [0.15, 0.2) is 18.2 Å². The lowest BCUT2D eigenvalue weighted by Crippen LogP contribution is -2.41. The van der Waals surface area contributed by atoms with Crippen molar-refractivity contribution in [1.82, 2.24) is 9.97 Å². The topological polar surface area (TPSA) is 54.7 Å². The van der Waals surface area contributed by atoms with Gasteiger partial charge in [-0.3, -0.25) is 0 Å². The zero-order valence-electron chi connectivity index (χ0n) is 12.1. The molecule has 3 nitrogen and oxygen atoms in total. The van der Waals surface area contributed by atoms with E-state index in [-0.39, 0.29) is 10.8 Å². The Bertz CT molecular complexity index is 594. The van der Waals surface area contributed by atoms with Gasteiger partial charge in [-0.1, -0.05) is 33.3 Å². The van der Waals surface area contributed by atoms with Gasteiger partial charge in [-0.2, -0.15) is 0 Å². The summed E-state index contributed by atoms with van der Waals surface area (Å²) in [5.74, 6) is 1.05. The van der Waals surface area contributed by atoms with Crippen LogP contribution in [0.4, 0.5) is 0 Å². The Morgan fingerprint density at radius 3 is 2.58 bits per heavy atom. The quantitative estimate of drug-likeness (QED) is 0.867. The molecule has 1 saturated carbocycles. The fourth-order valence-corrected chi connectivity index (χ4v) is 2.91. The first-order valence-electron chi connectivity index (χ1n) is 7.15. The molecule has 0 aliphatic heterocycles. The van der Waals surface area contributed by atoms with Crippen LogP contribution in [0.5, 0.6) is 0 Å². The molecular formula is C16H23N3. The second kappa shape index (κ2) is 4.07. The summed E-state index contributed by atoms with van der Waals surface area (Å²) in [6.45, 7) is 7.29. The zero-order valence-corrected chi connectivity index (χ0v) is 12.1. The summed E-state index contributed by atoms with van der Waals surface area (Å²) in [6, 6.07) is 6.59. The molecule has 19 heavy (non-hydrogen) atoms. The number of hydrogen-bond donors (Lipinski definition) is 2. The Hall–Kier alpha value is -1.35. The van der Waals surface area contributed by atoms with Gasteiger partial charge in [-0.05, 0) is 30.5 Å². The summed E-state index contributed by atoms with van der Waals surface area (Å²) in [7, 11) is 0. The summed E-state index contributed by atoms with van der Waals surface area (Å²) in [6.07, 6.45) is 3.73. The van der Waals surface area contributed by atoms with Crippen molar-refractivity contribution >= 4 is 11.0 Å². The third kappa shape index (κ3) is 1.96. The summed E-state index contributed by atoms with van der Waals surface area (Å²) in [4.78, 5) is 8.16. The monoisotopic (exact) mass is 257 g/mol. The Labute approximate surface area is 114 Å². The fourth-order valence-electron chi connectivity index (χ4n) is 2.91. The van der Waals surface area contributed by atoms with Crippen LogP contribution in [0.1, 0.15) is 51.4 Å². The molecule has 0 spiro atoms. The summed E-state index contributed by atoms with van der Waals surface area (Å²) in [5, 5.41) is 0. The Morgan fingerprint density at radius 2 is 2.05 bits per heavy atom. The van der Waals surface area contributed by atoms with Gasteiger partial charge in [-0.25, -0.2) is 4.98 Å². The SMILES string of the molecule is CC(C)(C)c1nc2ccc(C3(CN)CCC3)cc2[nH]1. The Kier molecular flexibility index (Phi) is 2.72. The number of nitrogens with zero attached hydrogens (tertiary/aromatic N) is 1. The van der Waals surface area contributed by atoms with E-state index in [0.29, 0.717) is 0 Å². The molecule has 1 heterocycles. The molecule has 0 amide bonds. The molecule has 3 N–H and O–H groups in total. The predicted molar refractivity (Wildman–Crippen MR) is 79.4 cm³/mol. The number of nitrogens with two attached hydrogens (primary N) is 1. The molecule has 1 aliphatic carbocycles. The van der Waals surface area contributed by atoms with Crippen molar-refractivity contribution in [2.45, 2.75) is 50.9 Å². The molecule has 0 bridgehead atoms. The highest BCUT2D eigenvalue weighted by Crippen LogP contribution is 2.43. The second-order valence-electron chi connectivity index (χ2n) is 6.91. The van der Waals surface area contributed by atoms with Gasteiger partial charge in [0.15, 0.2) is 0 Å². The minimum absolute atomic E-state index is 0.0568. The van der Waals surface area contributed by atoms with E-state index in [1.807, 2.05) is 0 Å². The van der Waals surface area contributed by atoms with Crippen LogP contribution < -0.4 is 5.73 Å². The smallest absolute Gasteiger partial charge is 0.112 e. The van der Waals surface area contributed by atoms with E-state index >= 15 is 0 Å². The highest BCUT2D eigenvalue weighted by Gasteiger charge is 2.37. The van der Waals surface area contributed by atoms with E-state index in [4.69, 9.17) is 10.7 Å².